The zero-order chi connectivity index (χ0) is 16.9. The maximum atomic E-state index is 13.0. The largest absolute Gasteiger partial charge is 0.468 e. The minimum absolute atomic E-state index is 0.176. The summed E-state index contributed by atoms with van der Waals surface area (Å²) in [5.41, 5.74) is 1.92. The van der Waals surface area contributed by atoms with Gasteiger partial charge in [-0.05, 0) is 50.5 Å². The zero-order valence-electron chi connectivity index (χ0n) is 13.7. The lowest BCUT2D eigenvalue weighted by Gasteiger charge is -2.22. The highest BCUT2D eigenvalue weighted by Crippen LogP contribution is 2.24. The zero-order valence-corrected chi connectivity index (χ0v) is 14.5. The summed E-state index contributed by atoms with van der Waals surface area (Å²) in [4.78, 5) is 6.73. The van der Waals surface area contributed by atoms with Crippen LogP contribution in [0.4, 0.5) is 4.39 Å². The topological polar surface area (TPSA) is 41.3 Å². The fourth-order valence-corrected chi connectivity index (χ4v) is 3.29. The van der Waals surface area contributed by atoms with Gasteiger partial charge in [0.15, 0.2) is 0 Å². The molecule has 1 unspecified atom stereocenters. The lowest BCUT2D eigenvalue weighted by atomic mass is 10.2. The predicted octanol–water partition coefficient (Wildman–Crippen LogP) is 3.93. The number of hydrogen-bond donors (Lipinski definition) is 1. The van der Waals surface area contributed by atoms with Gasteiger partial charge in [-0.15, -0.1) is 11.3 Å². The van der Waals surface area contributed by atoms with Crippen LogP contribution in [0.1, 0.15) is 17.5 Å². The Labute approximate surface area is 144 Å². The number of halogens is 1. The second-order valence-corrected chi connectivity index (χ2v) is 6.63. The Hall–Kier alpha value is -2.02. The number of likely N-dealkylation sites (N-methyl/N-ethyl adjacent to an activating group) is 1. The summed E-state index contributed by atoms with van der Waals surface area (Å²) in [7, 11) is 4.06. The van der Waals surface area contributed by atoms with E-state index < -0.39 is 0 Å². The molecule has 126 valence electrons. The molecule has 0 bridgehead atoms. The van der Waals surface area contributed by atoms with Crippen molar-refractivity contribution in [2.24, 2.45) is 0 Å². The van der Waals surface area contributed by atoms with Crippen molar-refractivity contribution in [2.75, 3.05) is 20.6 Å². The maximum Gasteiger partial charge on any atom is 0.123 e. The highest BCUT2D eigenvalue weighted by Gasteiger charge is 2.16. The van der Waals surface area contributed by atoms with Crippen LogP contribution in [0, 0.1) is 5.82 Å². The highest BCUT2D eigenvalue weighted by molar-refractivity contribution is 7.13. The van der Waals surface area contributed by atoms with Crippen molar-refractivity contribution in [1.29, 1.82) is 0 Å². The molecule has 3 rings (SSSR count). The van der Waals surface area contributed by atoms with Gasteiger partial charge in [-0.1, -0.05) is 0 Å². The van der Waals surface area contributed by atoms with Crippen LogP contribution >= 0.6 is 11.3 Å². The molecule has 1 N–H and O–H groups in total. The number of furan rings is 1. The SMILES string of the molecule is CN(C)C(CNCc1csc(-c2ccc(F)cc2)n1)c1ccco1. The smallest absolute Gasteiger partial charge is 0.123 e. The van der Waals surface area contributed by atoms with Gasteiger partial charge in [0.25, 0.3) is 0 Å². The summed E-state index contributed by atoms with van der Waals surface area (Å²) < 4.78 is 18.5. The van der Waals surface area contributed by atoms with Gasteiger partial charge in [0.2, 0.25) is 0 Å². The van der Waals surface area contributed by atoms with Gasteiger partial charge in [0.05, 0.1) is 18.0 Å². The molecule has 0 aliphatic carbocycles. The first-order chi connectivity index (χ1) is 11.6. The molecular weight excluding hydrogens is 325 g/mol. The van der Waals surface area contributed by atoms with Crippen LogP contribution in [0.15, 0.2) is 52.5 Å². The molecule has 6 heteroatoms. The minimum atomic E-state index is -0.232. The number of nitrogens with one attached hydrogen (secondary N) is 1. The number of benzene rings is 1. The molecule has 0 radical (unpaired) electrons. The van der Waals surface area contributed by atoms with Crippen molar-refractivity contribution in [1.82, 2.24) is 15.2 Å². The minimum Gasteiger partial charge on any atom is -0.468 e. The molecule has 1 aromatic carbocycles. The molecular formula is C18H20FN3OS. The van der Waals surface area contributed by atoms with E-state index in [1.165, 1.54) is 12.1 Å². The summed E-state index contributed by atoms with van der Waals surface area (Å²) in [6, 6.07) is 10.5. The first kappa shape index (κ1) is 16.8. The second-order valence-electron chi connectivity index (χ2n) is 5.78. The van der Waals surface area contributed by atoms with E-state index in [1.807, 2.05) is 31.6 Å². The summed E-state index contributed by atoms with van der Waals surface area (Å²) in [5, 5.41) is 6.36. The van der Waals surface area contributed by atoms with Crippen LogP contribution in [-0.4, -0.2) is 30.5 Å². The van der Waals surface area contributed by atoms with Gasteiger partial charge < -0.3 is 9.73 Å². The molecule has 2 heterocycles. The van der Waals surface area contributed by atoms with Crippen molar-refractivity contribution < 1.29 is 8.81 Å². The average Bonchev–Trinajstić information content (AvgIpc) is 3.24. The van der Waals surface area contributed by atoms with Crippen molar-refractivity contribution in [2.45, 2.75) is 12.6 Å². The third-order valence-corrected chi connectivity index (χ3v) is 4.72. The maximum absolute atomic E-state index is 13.0. The van der Waals surface area contributed by atoms with E-state index in [1.54, 1.807) is 29.7 Å². The van der Waals surface area contributed by atoms with E-state index in [2.05, 4.69) is 15.2 Å². The molecule has 0 amide bonds. The Morgan fingerprint density at radius 2 is 2.04 bits per heavy atom. The van der Waals surface area contributed by atoms with Crippen LogP contribution in [0.3, 0.4) is 0 Å². The molecule has 1 atom stereocenters. The Morgan fingerprint density at radius 3 is 2.71 bits per heavy atom. The second kappa shape index (κ2) is 7.70. The van der Waals surface area contributed by atoms with Crippen LogP contribution in [0.2, 0.25) is 0 Å². The molecule has 4 nitrogen and oxygen atoms in total. The van der Waals surface area contributed by atoms with E-state index in [0.29, 0.717) is 6.54 Å². The molecule has 3 aromatic rings. The Morgan fingerprint density at radius 1 is 1.25 bits per heavy atom. The normalized spacial score (nSPS) is 12.7. The molecule has 0 aliphatic heterocycles. The molecule has 0 spiro atoms. The van der Waals surface area contributed by atoms with E-state index >= 15 is 0 Å². The number of hydrogen-bond acceptors (Lipinski definition) is 5. The molecule has 0 aliphatic rings. The fourth-order valence-electron chi connectivity index (χ4n) is 2.47. The van der Waals surface area contributed by atoms with Crippen LogP contribution in [0.5, 0.6) is 0 Å². The van der Waals surface area contributed by atoms with Gasteiger partial charge in [-0.25, -0.2) is 9.37 Å². The van der Waals surface area contributed by atoms with Gasteiger partial charge in [0, 0.05) is 24.0 Å². The molecule has 24 heavy (non-hydrogen) atoms. The summed E-state index contributed by atoms with van der Waals surface area (Å²) in [6.07, 6.45) is 1.70. The monoisotopic (exact) mass is 345 g/mol. The summed E-state index contributed by atoms with van der Waals surface area (Å²) >= 11 is 1.57. The van der Waals surface area contributed by atoms with Gasteiger partial charge >= 0.3 is 0 Å². The average molecular weight is 345 g/mol. The molecule has 0 saturated heterocycles. The fraction of sp³-hybridized carbons (Fsp3) is 0.278. The Balaban J connectivity index is 1.58. The highest BCUT2D eigenvalue weighted by atomic mass is 32.1. The van der Waals surface area contributed by atoms with Crippen LogP contribution in [-0.2, 0) is 6.54 Å². The van der Waals surface area contributed by atoms with E-state index in [-0.39, 0.29) is 11.9 Å². The summed E-state index contributed by atoms with van der Waals surface area (Å²) in [6.45, 7) is 1.45. The lowest BCUT2D eigenvalue weighted by Crippen LogP contribution is -2.30. The van der Waals surface area contributed by atoms with E-state index in [9.17, 15) is 4.39 Å². The van der Waals surface area contributed by atoms with Crippen molar-refractivity contribution >= 4 is 11.3 Å². The number of rotatable bonds is 7. The van der Waals surface area contributed by atoms with Gasteiger partial charge in [-0.2, -0.15) is 0 Å². The Kier molecular flexibility index (Phi) is 5.40. The third kappa shape index (κ3) is 4.08. The van der Waals surface area contributed by atoms with E-state index in [4.69, 9.17) is 4.42 Å². The lowest BCUT2D eigenvalue weighted by molar-refractivity contribution is 0.250. The van der Waals surface area contributed by atoms with Gasteiger partial charge in [0.1, 0.15) is 16.6 Å². The number of aromatic nitrogens is 1. The molecule has 0 fully saturated rings. The van der Waals surface area contributed by atoms with E-state index in [0.717, 1.165) is 28.6 Å². The number of thiazole rings is 1. The predicted molar refractivity (Wildman–Crippen MR) is 94.4 cm³/mol. The van der Waals surface area contributed by atoms with Crippen LogP contribution in [0.25, 0.3) is 10.6 Å². The quantitative estimate of drug-likeness (QED) is 0.704. The standard InChI is InChI=1S/C18H20FN3OS/c1-22(2)16(17-4-3-9-23-17)11-20-10-15-12-24-18(21-15)13-5-7-14(19)8-6-13/h3-9,12,16,20H,10-11H2,1-2H3. The first-order valence-corrected chi connectivity index (χ1v) is 8.62. The Bertz CT molecular complexity index is 753. The molecule has 0 saturated carbocycles. The molecule has 2 aromatic heterocycles. The summed E-state index contributed by atoms with van der Waals surface area (Å²) in [5.74, 6) is 0.711. The van der Waals surface area contributed by atoms with Crippen LogP contribution < -0.4 is 5.32 Å². The van der Waals surface area contributed by atoms with Gasteiger partial charge in [-0.3, -0.25) is 4.90 Å². The number of nitrogens with zero attached hydrogens (tertiary/aromatic N) is 2. The van der Waals surface area contributed by atoms with Crippen molar-refractivity contribution in [3.63, 3.8) is 0 Å². The first-order valence-electron chi connectivity index (χ1n) is 7.74. The third-order valence-electron chi connectivity index (χ3n) is 3.78. The van der Waals surface area contributed by atoms with Crippen molar-refractivity contribution in [3.8, 4) is 10.6 Å². The van der Waals surface area contributed by atoms with Crippen molar-refractivity contribution in [3.05, 3.63) is 65.3 Å².